The van der Waals surface area contributed by atoms with Crippen LogP contribution in [0.15, 0.2) is 34.7 Å². The SMILES string of the molecule is C=COC1C(O[Si](C)(C)C(C)(C)C)[C@H](n2ccc(=O)[nH]c2=O)O[C@@H]1CO[Si](C)(C)C(C)(C)C. The van der Waals surface area contributed by atoms with Crippen LogP contribution < -0.4 is 11.2 Å². The van der Waals surface area contributed by atoms with E-state index in [4.69, 9.17) is 18.3 Å². The summed E-state index contributed by atoms with van der Waals surface area (Å²) in [4.78, 5) is 26.6. The van der Waals surface area contributed by atoms with E-state index in [0.29, 0.717) is 6.61 Å². The summed E-state index contributed by atoms with van der Waals surface area (Å²) in [6.45, 7) is 25.7. The molecule has 0 saturated carbocycles. The van der Waals surface area contributed by atoms with Gasteiger partial charge in [-0.05, 0) is 36.3 Å². The van der Waals surface area contributed by atoms with Crippen molar-refractivity contribution in [3.63, 3.8) is 0 Å². The van der Waals surface area contributed by atoms with Crippen LogP contribution in [0.3, 0.4) is 0 Å². The third kappa shape index (κ3) is 6.16. The van der Waals surface area contributed by atoms with Gasteiger partial charge in [0, 0.05) is 12.3 Å². The first-order valence-corrected chi connectivity index (χ1v) is 17.3. The quantitative estimate of drug-likeness (QED) is 0.423. The Morgan fingerprint density at radius 2 is 1.64 bits per heavy atom. The van der Waals surface area contributed by atoms with Crippen LogP contribution in [0.4, 0.5) is 0 Å². The van der Waals surface area contributed by atoms with Crippen molar-refractivity contribution in [1.82, 2.24) is 9.55 Å². The standard InChI is InChI=1S/C23H42N2O6Si2/c1-12-28-18-16(15-29-32(8,9)22(2,3)4)30-20(25-14-13-17(26)24-21(25)27)19(18)31-33(10,11)23(5,6)7/h12-14,16,18-20H,1,15H2,2-11H3,(H,24,26,27)/t16-,18?,19?,20-/m1/s1. The van der Waals surface area contributed by atoms with Gasteiger partial charge < -0.3 is 18.3 Å². The molecule has 0 aliphatic carbocycles. The predicted molar refractivity (Wildman–Crippen MR) is 136 cm³/mol. The molecule has 0 bridgehead atoms. The van der Waals surface area contributed by atoms with Crippen molar-refractivity contribution in [3.05, 3.63) is 45.9 Å². The molecule has 10 heteroatoms. The first-order chi connectivity index (χ1) is 14.9. The van der Waals surface area contributed by atoms with Crippen LogP contribution in [0.25, 0.3) is 0 Å². The number of nitrogens with one attached hydrogen (secondary N) is 1. The molecule has 0 radical (unpaired) electrons. The molecule has 33 heavy (non-hydrogen) atoms. The van der Waals surface area contributed by atoms with Crippen LogP contribution in [0.2, 0.25) is 36.3 Å². The molecular formula is C23H42N2O6Si2. The third-order valence-corrected chi connectivity index (χ3v) is 16.3. The lowest BCUT2D eigenvalue weighted by molar-refractivity contribution is -0.0519. The molecular weight excluding hydrogens is 456 g/mol. The second-order valence-corrected chi connectivity index (χ2v) is 21.3. The molecule has 1 aromatic rings. The van der Waals surface area contributed by atoms with Crippen LogP contribution in [0.5, 0.6) is 0 Å². The highest BCUT2D eigenvalue weighted by molar-refractivity contribution is 6.74. The molecule has 2 unspecified atom stereocenters. The van der Waals surface area contributed by atoms with E-state index in [-0.39, 0.29) is 10.1 Å². The van der Waals surface area contributed by atoms with Crippen LogP contribution in [0.1, 0.15) is 47.8 Å². The largest absolute Gasteiger partial charge is 0.493 e. The predicted octanol–water partition coefficient (Wildman–Crippen LogP) is 4.37. The van der Waals surface area contributed by atoms with Crippen molar-refractivity contribution in [3.8, 4) is 0 Å². The summed E-state index contributed by atoms with van der Waals surface area (Å²) in [7, 11) is -4.33. The second-order valence-electron chi connectivity index (χ2n) is 11.8. The smallest absolute Gasteiger partial charge is 0.330 e. The van der Waals surface area contributed by atoms with Crippen LogP contribution in [0, 0.1) is 0 Å². The van der Waals surface area contributed by atoms with Gasteiger partial charge in [0.1, 0.15) is 12.2 Å². The van der Waals surface area contributed by atoms with Crippen LogP contribution >= 0.6 is 0 Å². The maximum absolute atomic E-state index is 12.7. The average molecular weight is 499 g/mol. The number of ether oxygens (including phenoxy) is 2. The van der Waals surface area contributed by atoms with Gasteiger partial charge in [-0.2, -0.15) is 0 Å². The highest BCUT2D eigenvalue weighted by atomic mass is 28.4. The molecule has 1 N–H and O–H groups in total. The fourth-order valence-corrected chi connectivity index (χ4v) is 5.42. The molecule has 4 atom stereocenters. The average Bonchev–Trinajstić information content (AvgIpc) is 2.95. The molecule has 1 fully saturated rings. The maximum Gasteiger partial charge on any atom is 0.330 e. The Labute approximate surface area is 199 Å². The second kappa shape index (κ2) is 9.65. The minimum atomic E-state index is -2.28. The van der Waals surface area contributed by atoms with Gasteiger partial charge in [0.05, 0.1) is 12.9 Å². The number of hydrogen-bond acceptors (Lipinski definition) is 6. The molecule has 0 amide bonds. The van der Waals surface area contributed by atoms with Crippen LogP contribution in [-0.2, 0) is 18.3 Å². The van der Waals surface area contributed by atoms with Crippen molar-refractivity contribution in [2.75, 3.05) is 6.61 Å². The van der Waals surface area contributed by atoms with Gasteiger partial charge in [-0.15, -0.1) is 0 Å². The Bertz CT molecular complexity index is 942. The van der Waals surface area contributed by atoms with Gasteiger partial charge >= 0.3 is 5.69 Å². The summed E-state index contributed by atoms with van der Waals surface area (Å²) >= 11 is 0. The number of aromatic nitrogens is 2. The van der Waals surface area contributed by atoms with Gasteiger partial charge in [0.2, 0.25) is 0 Å². The van der Waals surface area contributed by atoms with Crippen molar-refractivity contribution < 1.29 is 18.3 Å². The van der Waals surface area contributed by atoms with Crippen molar-refractivity contribution >= 4 is 16.6 Å². The highest BCUT2D eigenvalue weighted by Crippen LogP contribution is 2.43. The number of rotatable bonds is 8. The Kier molecular flexibility index (Phi) is 8.12. The molecule has 0 spiro atoms. The summed E-state index contributed by atoms with van der Waals surface area (Å²) in [5, 5.41) is -0.0331. The van der Waals surface area contributed by atoms with Crippen molar-refractivity contribution in [1.29, 1.82) is 0 Å². The van der Waals surface area contributed by atoms with Gasteiger partial charge in [-0.1, -0.05) is 48.1 Å². The van der Waals surface area contributed by atoms with Gasteiger partial charge in [0.15, 0.2) is 29.0 Å². The van der Waals surface area contributed by atoms with E-state index in [9.17, 15) is 9.59 Å². The summed E-state index contributed by atoms with van der Waals surface area (Å²) in [6, 6.07) is 1.30. The Hall–Kier alpha value is -1.47. The van der Waals surface area contributed by atoms with E-state index in [1.807, 2.05) is 0 Å². The molecule has 8 nitrogen and oxygen atoms in total. The van der Waals surface area contributed by atoms with Gasteiger partial charge in [-0.25, -0.2) is 4.79 Å². The van der Waals surface area contributed by atoms with E-state index >= 15 is 0 Å². The van der Waals surface area contributed by atoms with E-state index in [0.717, 1.165) is 0 Å². The van der Waals surface area contributed by atoms with E-state index < -0.39 is 52.4 Å². The molecule has 188 valence electrons. The topological polar surface area (TPSA) is 91.8 Å². The summed E-state index contributed by atoms with van der Waals surface area (Å²) < 4.78 is 26.9. The lowest BCUT2D eigenvalue weighted by atomic mass is 10.1. The van der Waals surface area contributed by atoms with Gasteiger partial charge in [0.25, 0.3) is 5.56 Å². The zero-order chi connectivity index (χ0) is 25.4. The summed E-state index contributed by atoms with van der Waals surface area (Å²) in [5.74, 6) is 0. The maximum atomic E-state index is 12.7. The number of hydrogen-bond donors (Lipinski definition) is 1. The summed E-state index contributed by atoms with van der Waals surface area (Å²) in [5.41, 5.74) is -1.02. The zero-order valence-electron chi connectivity index (χ0n) is 21.9. The van der Waals surface area contributed by atoms with Crippen molar-refractivity contribution in [2.45, 2.75) is 102 Å². The first-order valence-electron chi connectivity index (χ1n) is 11.5. The molecule has 1 aliphatic heterocycles. The minimum absolute atomic E-state index is 0.0344. The van der Waals surface area contributed by atoms with E-state index in [2.05, 4.69) is 79.3 Å². The number of nitrogens with zero attached hydrogens (tertiary/aromatic N) is 1. The zero-order valence-corrected chi connectivity index (χ0v) is 23.9. The first kappa shape index (κ1) is 27.8. The number of aromatic amines is 1. The van der Waals surface area contributed by atoms with E-state index in [1.54, 1.807) is 0 Å². The molecule has 1 aromatic heterocycles. The Morgan fingerprint density at radius 1 is 1.06 bits per heavy atom. The third-order valence-electron chi connectivity index (χ3n) is 7.32. The molecule has 2 rings (SSSR count). The number of H-pyrrole nitrogens is 1. The Morgan fingerprint density at radius 3 is 2.12 bits per heavy atom. The van der Waals surface area contributed by atoms with E-state index in [1.165, 1.54) is 23.1 Å². The summed E-state index contributed by atoms with van der Waals surface area (Å²) in [6.07, 6.45) is 0.464. The fraction of sp³-hybridized carbons (Fsp3) is 0.739. The minimum Gasteiger partial charge on any atom is -0.493 e. The monoisotopic (exact) mass is 498 g/mol. The molecule has 1 saturated heterocycles. The van der Waals surface area contributed by atoms with Crippen LogP contribution in [-0.4, -0.2) is 51.1 Å². The van der Waals surface area contributed by atoms with Crippen molar-refractivity contribution in [2.24, 2.45) is 0 Å². The normalized spacial score (nSPS) is 24.7. The molecule has 2 heterocycles. The molecule has 1 aliphatic rings. The lowest BCUT2D eigenvalue weighted by Crippen LogP contribution is -2.50. The lowest BCUT2D eigenvalue weighted by Gasteiger charge is -2.40. The molecule has 0 aromatic carbocycles. The fourth-order valence-electron chi connectivity index (χ4n) is 3.12. The Balaban J connectivity index is 2.48. The highest BCUT2D eigenvalue weighted by Gasteiger charge is 2.53. The van der Waals surface area contributed by atoms with Gasteiger partial charge in [-0.3, -0.25) is 14.3 Å².